The molecule has 14 heavy (non-hydrogen) atoms. The van der Waals surface area contributed by atoms with E-state index in [1.165, 1.54) is 0 Å². The zero-order valence-electron chi connectivity index (χ0n) is 7.42. The van der Waals surface area contributed by atoms with E-state index in [1.54, 1.807) is 13.3 Å². The number of halogens is 2. The Balaban J connectivity index is 2.90. The first kappa shape index (κ1) is 9.93. The molecule has 2 nitrogen and oxygen atoms in total. The first-order valence-electron chi connectivity index (χ1n) is 4.00. The van der Waals surface area contributed by atoms with E-state index in [1.807, 2.05) is 18.2 Å². The fraction of sp³-hybridized carbons (Fsp3) is 0.100. The van der Waals surface area contributed by atoms with Crippen LogP contribution in [0.1, 0.15) is 0 Å². The topological polar surface area (TPSA) is 22.1 Å². The Morgan fingerprint density at radius 1 is 1.29 bits per heavy atom. The van der Waals surface area contributed by atoms with E-state index in [9.17, 15) is 0 Å². The van der Waals surface area contributed by atoms with E-state index in [4.69, 9.17) is 4.74 Å². The fourth-order valence-corrected chi connectivity index (χ4v) is 2.78. The van der Waals surface area contributed by atoms with Crippen LogP contribution in [0.25, 0.3) is 10.9 Å². The molecule has 0 N–H and O–H groups in total. The van der Waals surface area contributed by atoms with Gasteiger partial charge in [0.05, 0.1) is 11.6 Å². The van der Waals surface area contributed by atoms with Crippen molar-refractivity contribution in [3.05, 3.63) is 33.3 Å². The van der Waals surface area contributed by atoms with Crippen LogP contribution in [-0.4, -0.2) is 12.1 Å². The maximum absolute atomic E-state index is 5.28. The second-order valence-electron chi connectivity index (χ2n) is 2.77. The number of fused-ring (bicyclic) bond motifs is 1. The number of hydrogen-bond acceptors (Lipinski definition) is 2. The van der Waals surface area contributed by atoms with Gasteiger partial charge in [0, 0.05) is 16.1 Å². The van der Waals surface area contributed by atoms with Crippen LogP contribution in [0.2, 0.25) is 0 Å². The maximum atomic E-state index is 5.28. The second-order valence-corrected chi connectivity index (χ2v) is 4.48. The lowest BCUT2D eigenvalue weighted by molar-refractivity contribution is 0.416. The zero-order valence-corrected chi connectivity index (χ0v) is 10.6. The number of methoxy groups -OCH3 is 1. The van der Waals surface area contributed by atoms with Crippen molar-refractivity contribution in [3.63, 3.8) is 0 Å². The molecule has 0 radical (unpaired) electrons. The summed E-state index contributed by atoms with van der Waals surface area (Å²) in [6, 6.07) is 5.87. The van der Waals surface area contributed by atoms with Crippen molar-refractivity contribution in [1.82, 2.24) is 4.98 Å². The molecule has 0 fully saturated rings. The van der Waals surface area contributed by atoms with Crippen molar-refractivity contribution < 1.29 is 4.74 Å². The normalized spacial score (nSPS) is 10.5. The summed E-state index contributed by atoms with van der Waals surface area (Å²) >= 11 is 6.92. The van der Waals surface area contributed by atoms with Gasteiger partial charge >= 0.3 is 0 Å². The van der Waals surface area contributed by atoms with Crippen molar-refractivity contribution in [2.24, 2.45) is 0 Å². The third-order valence-corrected chi connectivity index (χ3v) is 3.20. The molecule has 0 atom stereocenters. The molecule has 2 aromatic rings. The van der Waals surface area contributed by atoms with E-state index in [2.05, 4.69) is 36.8 Å². The second kappa shape index (κ2) is 3.87. The predicted octanol–water partition coefficient (Wildman–Crippen LogP) is 3.77. The summed E-state index contributed by atoms with van der Waals surface area (Å²) in [7, 11) is 1.64. The van der Waals surface area contributed by atoms with Gasteiger partial charge in [-0.05, 0) is 28.1 Å². The van der Waals surface area contributed by atoms with Crippen LogP contribution in [0.4, 0.5) is 0 Å². The van der Waals surface area contributed by atoms with Crippen LogP contribution in [0.15, 0.2) is 33.3 Å². The molecule has 1 aromatic carbocycles. The van der Waals surface area contributed by atoms with Crippen molar-refractivity contribution in [3.8, 4) is 5.75 Å². The third kappa shape index (κ3) is 1.53. The molecule has 0 saturated heterocycles. The lowest BCUT2D eigenvalue weighted by Gasteiger charge is -2.08. The van der Waals surface area contributed by atoms with Gasteiger partial charge in [-0.25, -0.2) is 0 Å². The Labute approximate surface area is 98.5 Å². The highest BCUT2D eigenvalue weighted by molar-refractivity contribution is 9.11. The molecule has 1 heterocycles. The quantitative estimate of drug-likeness (QED) is 0.799. The summed E-state index contributed by atoms with van der Waals surface area (Å²) in [5.41, 5.74) is 0.858. The standard InChI is InChI=1S/C10H7Br2NO/c1-14-10-8(12)5-7(11)6-3-2-4-13-9(6)10/h2-5H,1H3. The minimum Gasteiger partial charge on any atom is -0.493 e. The summed E-state index contributed by atoms with van der Waals surface area (Å²) in [5.74, 6) is 0.767. The first-order chi connectivity index (χ1) is 6.74. The number of pyridine rings is 1. The Bertz CT molecular complexity index is 485. The van der Waals surface area contributed by atoms with Gasteiger partial charge < -0.3 is 4.74 Å². The molecule has 0 amide bonds. The molecule has 1 aromatic heterocycles. The number of hydrogen-bond donors (Lipinski definition) is 0. The molecule has 0 spiro atoms. The maximum Gasteiger partial charge on any atom is 0.159 e. The smallest absolute Gasteiger partial charge is 0.159 e. The van der Waals surface area contributed by atoms with Crippen LogP contribution in [0.3, 0.4) is 0 Å². The Hall–Kier alpha value is -0.610. The summed E-state index contributed by atoms with van der Waals surface area (Å²) in [6.07, 6.45) is 1.75. The molecular formula is C10H7Br2NO. The van der Waals surface area contributed by atoms with Gasteiger partial charge in [0.1, 0.15) is 5.52 Å². The third-order valence-electron chi connectivity index (χ3n) is 1.95. The molecule has 2 rings (SSSR count). The van der Waals surface area contributed by atoms with Gasteiger partial charge in [-0.15, -0.1) is 0 Å². The summed E-state index contributed by atoms with van der Waals surface area (Å²) in [4.78, 5) is 4.29. The van der Waals surface area contributed by atoms with E-state index in [0.717, 1.165) is 25.6 Å². The van der Waals surface area contributed by atoms with Gasteiger partial charge in [-0.2, -0.15) is 0 Å². The van der Waals surface area contributed by atoms with Crippen molar-refractivity contribution in [1.29, 1.82) is 0 Å². The number of nitrogens with zero attached hydrogens (tertiary/aromatic N) is 1. The first-order valence-corrected chi connectivity index (χ1v) is 5.59. The molecule has 0 unspecified atom stereocenters. The number of aromatic nitrogens is 1. The molecular weight excluding hydrogens is 310 g/mol. The average Bonchev–Trinajstić information content (AvgIpc) is 2.18. The van der Waals surface area contributed by atoms with E-state index >= 15 is 0 Å². The van der Waals surface area contributed by atoms with Gasteiger partial charge in [0.15, 0.2) is 5.75 Å². The highest BCUT2D eigenvalue weighted by Gasteiger charge is 2.09. The van der Waals surface area contributed by atoms with Gasteiger partial charge in [0.25, 0.3) is 0 Å². The van der Waals surface area contributed by atoms with Gasteiger partial charge in [0.2, 0.25) is 0 Å². The Morgan fingerprint density at radius 3 is 2.79 bits per heavy atom. The fourth-order valence-electron chi connectivity index (χ4n) is 1.34. The van der Waals surface area contributed by atoms with Crippen LogP contribution < -0.4 is 4.74 Å². The van der Waals surface area contributed by atoms with E-state index < -0.39 is 0 Å². The van der Waals surface area contributed by atoms with Crippen molar-refractivity contribution in [2.45, 2.75) is 0 Å². The van der Waals surface area contributed by atoms with E-state index in [-0.39, 0.29) is 0 Å². The molecule has 0 aliphatic rings. The molecule has 0 aliphatic carbocycles. The van der Waals surface area contributed by atoms with Crippen molar-refractivity contribution in [2.75, 3.05) is 7.11 Å². The van der Waals surface area contributed by atoms with Gasteiger partial charge in [-0.3, -0.25) is 4.98 Å². The molecule has 0 bridgehead atoms. The number of ether oxygens (including phenoxy) is 1. The highest BCUT2D eigenvalue weighted by atomic mass is 79.9. The van der Waals surface area contributed by atoms with Gasteiger partial charge in [-0.1, -0.05) is 22.0 Å². The largest absolute Gasteiger partial charge is 0.493 e. The molecule has 4 heteroatoms. The summed E-state index contributed by atoms with van der Waals surface area (Å²) in [6.45, 7) is 0. The Kier molecular flexibility index (Phi) is 2.74. The highest BCUT2D eigenvalue weighted by Crippen LogP contribution is 2.36. The minimum absolute atomic E-state index is 0.767. The van der Waals surface area contributed by atoms with Crippen LogP contribution in [0.5, 0.6) is 5.75 Å². The summed E-state index contributed by atoms with van der Waals surface area (Å²) < 4.78 is 7.19. The number of benzene rings is 1. The van der Waals surface area contributed by atoms with Crippen molar-refractivity contribution >= 4 is 42.8 Å². The Morgan fingerprint density at radius 2 is 2.07 bits per heavy atom. The van der Waals surface area contributed by atoms with E-state index in [0.29, 0.717) is 0 Å². The lowest BCUT2D eigenvalue weighted by atomic mass is 10.2. The monoisotopic (exact) mass is 315 g/mol. The zero-order chi connectivity index (χ0) is 10.1. The number of rotatable bonds is 1. The average molecular weight is 317 g/mol. The van der Waals surface area contributed by atoms with Crippen LogP contribution >= 0.6 is 31.9 Å². The SMILES string of the molecule is COc1c(Br)cc(Br)c2cccnc12. The molecule has 72 valence electrons. The van der Waals surface area contributed by atoms with Crippen LogP contribution in [-0.2, 0) is 0 Å². The van der Waals surface area contributed by atoms with Crippen LogP contribution in [0, 0.1) is 0 Å². The molecule has 0 aliphatic heterocycles. The predicted molar refractivity (Wildman–Crippen MR) is 63.7 cm³/mol. The lowest BCUT2D eigenvalue weighted by Crippen LogP contribution is -1.89. The molecule has 0 saturated carbocycles. The summed E-state index contributed by atoms with van der Waals surface area (Å²) in [5, 5.41) is 1.05. The minimum atomic E-state index is 0.767.